The Morgan fingerprint density at radius 2 is 0.827 bits per heavy atom. The second kappa shape index (κ2) is 90.9. The lowest BCUT2D eigenvalue weighted by Gasteiger charge is -2.36. The molecule has 664 valence electrons. The third-order valence-corrected chi connectivity index (χ3v) is 17.8. The van der Waals surface area contributed by atoms with Crippen LogP contribution in [0.3, 0.4) is 0 Å². The summed E-state index contributed by atoms with van der Waals surface area (Å²) >= 11 is 18.0. The largest absolute Gasteiger partial charge is 0.480 e. The van der Waals surface area contributed by atoms with Crippen LogP contribution in [-0.4, -0.2) is 460 Å². The average molecular weight is 1660 g/mol. The van der Waals surface area contributed by atoms with E-state index >= 15 is 0 Å². The number of rotatable bonds is 63. The highest BCUT2D eigenvalue weighted by molar-refractivity contribution is 8.11. The Bertz CT molecular complexity index is 1950. The maximum atomic E-state index is 11.6. The lowest BCUT2D eigenvalue weighted by atomic mass is 10.2. The second-order valence-corrected chi connectivity index (χ2v) is 30.2. The van der Waals surface area contributed by atoms with Crippen molar-refractivity contribution >= 4 is 76.9 Å². The van der Waals surface area contributed by atoms with E-state index in [-0.39, 0.29) is 19.7 Å². The number of carbonyl (C=O) groups excluding carboxylic acids is 2. The topological polar surface area (TPSA) is 336 Å². The zero-order chi connectivity index (χ0) is 85.1. The molecule has 1 aliphatic rings. The van der Waals surface area contributed by atoms with Crippen LogP contribution >= 0.6 is 49.7 Å². The van der Waals surface area contributed by atoms with Gasteiger partial charge in [0.15, 0.2) is 17.3 Å². The number of nitrogens with two attached hydrogens (primary N) is 1. The van der Waals surface area contributed by atoms with Gasteiger partial charge in [-0.3, -0.25) is 19.3 Å². The van der Waals surface area contributed by atoms with E-state index in [0.717, 1.165) is 223 Å². The lowest BCUT2D eigenvalue weighted by molar-refractivity contribution is -0.954. The number of nitrogens with zero attached hydrogens (tertiary/aromatic N) is 9. The summed E-state index contributed by atoms with van der Waals surface area (Å²) in [7, 11) is 25.0. The summed E-state index contributed by atoms with van der Waals surface area (Å²) in [5, 5.41) is 85.2. The maximum Gasteiger partial charge on any atom is 0.317 e. The number of amides is 2. The van der Waals surface area contributed by atoms with E-state index in [1.165, 1.54) is 69.4 Å². The number of imide groups is 1. The summed E-state index contributed by atoms with van der Waals surface area (Å²) in [4.78, 5) is 48.5. The number of aliphatic hydroxyl groups is 4. The van der Waals surface area contributed by atoms with Crippen LogP contribution in [0.15, 0.2) is 0 Å². The van der Waals surface area contributed by atoms with Gasteiger partial charge in [-0.15, -0.1) is 12.6 Å². The SMILES string of the molecule is CC.CCCN(CCNC)CCN1C(=O)C(O)C(O)C1=O.CCCN(CCNC)CCNC(=S)NC.CCCN(CCNC)CCNC(=S)S.CCCN(CCNC)CCNCC(=O)O.CCCN(CCNC)CCNCC(O)CO.CCCN(CCNC)CCNCCS.CCC[N+](C)(CC[NH2+]C)CC[N+](C)(C)C. The highest BCUT2D eigenvalue weighted by atomic mass is 32.1. The summed E-state index contributed by atoms with van der Waals surface area (Å²) in [5.74, 6) is -1.29. The van der Waals surface area contributed by atoms with Gasteiger partial charge in [0.05, 0.1) is 61.0 Å². The Morgan fingerprint density at radius 3 is 1.13 bits per heavy atom. The number of aliphatic hydroxyl groups excluding tert-OH is 4. The number of nitrogens with one attached hydrogen (secondary N) is 12. The molecule has 0 aromatic carbocycles. The van der Waals surface area contributed by atoms with Crippen LogP contribution in [-0.2, 0) is 14.4 Å². The van der Waals surface area contributed by atoms with Crippen molar-refractivity contribution in [2.45, 2.75) is 126 Å². The van der Waals surface area contributed by atoms with Gasteiger partial charge in [0.25, 0.3) is 11.8 Å². The first-order valence-corrected chi connectivity index (χ1v) is 43.5. The average Bonchev–Trinajstić information content (AvgIpc) is 1.68. The van der Waals surface area contributed by atoms with Crippen LogP contribution < -0.4 is 69.1 Å². The predicted octanol–water partition coefficient (Wildman–Crippen LogP) is -1.60. The number of thiol groups is 2. The van der Waals surface area contributed by atoms with Crippen molar-refractivity contribution in [3.63, 3.8) is 0 Å². The van der Waals surface area contributed by atoms with Gasteiger partial charge in [0.2, 0.25) is 0 Å². The van der Waals surface area contributed by atoms with Crippen molar-refractivity contribution in [3.8, 4) is 0 Å². The van der Waals surface area contributed by atoms with E-state index in [2.05, 4.69) is 207 Å². The Balaban J connectivity index is -0.000000225. The van der Waals surface area contributed by atoms with Crippen LogP contribution in [0.25, 0.3) is 0 Å². The molecule has 19 N–H and O–H groups in total. The molecule has 1 saturated heterocycles. The summed E-state index contributed by atoms with van der Waals surface area (Å²) in [5.41, 5.74) is 0. The number of quaternary nitrogens is 3. The molecule has 1 rings (SSSR count). The maximum absolute atomic E-state index is 11.6. The quantitative estimate of drug-likeness (QED) is 0.0107. The molecule has 34 heteroatoms. The molecule has 2 amide bonds. The summed E-state index contributed by atoms with van der Waals surface area (Å²) < 4.78 is 2.89. The number of likely N-dealkylation sites (tertiary alicyclic amines) is 1. The molecule has 1 fully saturated rings. The molecule has 0 aromatic heterocycles. The summed E-state index contributed by atoms with van der Waals surface area (Å²) in [6.07, 6.45) is 4.32. The lowest BCUT2D eigenvalue weighted by Crippen LogP contribution is -2.82. The summed E-state index contributed by atoms with van der Waals surface area (Å²) in [6.45, 7) is 56.0. The van der Waals surface area contributed by atoms with Crippen molar-refractivity contribution in [1.82, 2.24) is 98.1 Å². The van der Waals surface area contributed by atoms with Crippen LogP contribution in [0.5, 0.6) is 0 Å². The molecule has 1 aliphatic heterocycles. The number of aliphatic carboxylic acids is 1. The van der Waals surface area contributed by atoms with E-state index in [1.807, 2.05) is 63.2 Å². The predicted molar refractivity (Wildman–Crippen MR) is 483 cm³/mol. The highest BCUT2D eigenvalue weighted by Crippen LogP contribution is 2.14. The molecule has 0 spiro atoms. The van der Waals surface area contributed by atoms with E-state index in [4.69, 9.17) is 39.8 Å². The molecule has 0 aromatic rings. The van der Waals surface area contributed by atoms with Crippen LogP contribution in [0.2, 0.25) is 0 Å². The third-order valence-electron chi connectivity index (χ3n) is 16.9. The second-order valence-electron chi connectivity index (χ2n) is 28.2. The molecular formula is C76H181N22O8S4+3. The number of carboxylic acids is 1. The zero-order valence-electron chi connectivity index (χ0n) is 74.2. The Hall–Kier alpha value is -1.99. The van der Waals surface area contributed by atoms with E-state index in [9.17, 15) is 24.6 Å². The molecule has 0 bridgehead atoms. The number of thiocarbonyl (C=S) groups is 2. The van der Waals surface area contributed by atoms with Gasteiger partial charge in [0.1, 0.15) is 30.5 Å². The van der Waals surface area contributed by atoms with Crippen molar-refractivity contribution in [1.29, 1.82) is 0 Å². The number of hydrogen-bond donors (Lipinski definition) is 20. The van der Waals surface area contributed by atoms with Gasteiger partial charge >= 0.3 is 5.97 Å². The molecule has 4 unspecified atom stereocenters. The molecular weight excluding hydrogens is 1480 g/mol. The zero-order valence-corrected chi connectivity index (χ0v) is 77.7. The minimum atomic E-state index is -1.61. The molecule has 110 heavy (non-hydrogen) atoms. The van der Waals surface area contributed by atoms with E-state index in [0.29, 0.717) is 17.4 Å². The standard InChI is InChI=1S/C12H23N3O4.C12H31N3.C11H27N3O2.C10H24N4S.C10H23N3O2.C10H25N3S.C9H21N3S2.C2H6/c1-3-5-14(6-4-13-2)7-8-15-11(18)9(16)10(17)12(15)19;1-7-9-15(6,10-8-13-2)12-11-14(3,4)5;1-3-6-14(7-4-12-2)8-5-13-9-11(16)10-15;1-4-7-14(8-5-11-2)9-6-13-10(15)12-3;1-3-6-13(7-4-11-2)8-5-12-9-10(14)15;1-3-7-13(8-4-11-2)9-5-12-6-10-14;1-3-6-12(7-4-10-2)8-5-11-9(13)14;1-2/h9-10,13,16-17H,3-8H2,1-2H3;13H,7-12H2,1-6H3;11-13,15-16H,3-10H2,1-2H3;11H,4-9H2,1-3H3,(H2,12,13,15);11-12H,3-9H2,1-2H3,(H,14,15);11-12,14H,3-10H2,1-2H3;10H,3-8H2,1-2H3,(H2,11,13,14);1-2H3/q;+2;;;;;;/p+1. The first kappa shape index (κ1) is 121. The minimum absolute atomic E-state index is 0.0476. The number of likely N-dealkylation sites (N-methyl/N-ethyl adjacent to an activating group) is 9. The van der Waals surface area contributed by atoms with Gasteiger partial charge in [-0.25, -0.2) is 0 Å². The smallest absolute Gasteiger partial charge is 0.317 e. The van der Waals surface area contributed by atoms with Crippen LogP contribution in [0.4, 0.5) is 0 Å². The van der Waals surface area contributed by atoms with Crippen molar-refractivity contribution in [3.05, 3.63) is 0 Å². The first-order valence-electron chi connectivity index (χ1n) is 41.6. The van der Waals surface area contributed by atoms with Crippen molar-refractivity contribution in [2.24, 2.45) is 0 Å². The number of hydrogen-bond acceptors (Lipinski definition) is 25. The van der Waals surface area contributed by atoms with Crippen LogP contribution in [0, 0.1) is 0 Å². The Kier molecular flexibility index (Phi) is 100. The molecule has 4 atom stereocenters. The first-order chi connectivity index (χ1) is 52.6. The van der Waals surface area contributed by atoms with E-state index in [1.54, 1.807) is 0 Å². The third kappa shape index (κ3) is 85.4. The van der Waals surface area contributed by atoms with Gasteiger partial charge < -0.3 is 133 Å². The fourth-order valence-corrected chi connectivity index (χ4v) is 11.2. The minimum Gasteiger partial charge on any atom is -0.480 e. The van der Waals surface area contributed by atoms with Gasteiger partial charge in [-0.05, 0) is 139 Å². The van der Waals surface area contributed by atoms with Gasteiger partial charge in [-0.1, -0.05) is 74.5 Å². The van der Waals surface area contributed by atoms with Crippen molar-refractivity contribution in [2.75, 3.05) is 346 Å². The van der Waals surface area contributed by atoms with Crippen LogP contribution in [0.1, 0.15) is 107 Å². The van der Waals surface area contributed by atoms with Gasteiger partial charge in [0, 0.05) is 183 Å². The fourth-order valence-electron chi connectivity index (χ4n) is 10.7. The Labute approximate surface area is 696 Å². The highest BCUT2D eigenvalue weighted by Gasteiger charge is 2.45. The molecule has 0 radical (unpaired) electrons. The molecule has 30 nitrogen and oxygen atoms in total. The molecule has 1 heterocycles. The molecule has 0 aliphatic carbocycles. The van der Waals surface area contributed by atoms with E-state index < -0.39 is 36.1 Å². The monoisotopic (exact) mass is 1660 g/mol. The Morgan fingerprint density at radius 1 is 0.491 bits per heavy atom. The molecule has 0 saturated carbocycles. The number of carboxylic acid groups (broad SMARTS) is 1. The number of carbonyl (C=O) groups is 3. The fraction of sp³-hybridized carbons (Fsp3) is 0.934. The van der Waals surface area contributed by atoms with Crippen molar-refractivity contribution < 1.29 is 54.2 Å². The normalized spacial score (nSPS) is 14.0. The summed E-state index contributed by atoms with van der Waals surface area (Å²) in [6, 6.07) is 0. The van der Waals surface area contributed by atoms with Gasteiger partial charge in [-0.2, -0.15) is 12.6 Å².